The van der Waals surface area contributed by atoms with Crippen LogP contribution in [0.3, 0.4) is 0 Å². The summed E-state index contributed by atoms with van der Waals surface area (Å²) in [6.45, 7) is 7.30. The van der Waals surface area contributed by atoms with E-state index < -0.39 is 0 Å². The van der Waals surface area contributed by atoms with E-state index in [2.05, 4.69) is 32.0 Å². The number of nitrogens with zero attached hydrogens (tertiary/aromatic N) is 6. The highest BCUT2D eigenvalue weighted by molar-refractivity contribution is 7.22. The number of fused-ring (bicyclic) bond motifs is 1. The van der Waals surface area contributed by atoms with Gasteiger partial charge in [-0.3, -0.25) is 0 Å². The van der Waals surface area contributed by atoms with Crippen LogP contribution in [0, 0.1) is 13.8 Å². The maximum absolute atomic E-state index is 5.18. The van der Waals surface area contributed by atoms with E-state index in [1.54, 1.807) is 11.3 Å². The second kappa shape index (κ2) is 4.86. The van der Waals surface area contributed by atoms with Gasteiger partial charge in [-0.15, -0.1) is 0 Å². The Labute approximate surface area is 120 Å². The highest BCUT2D eigenvalue weighted by atomic mass is 32.1. The molecule has 0 saturated carbocycles. The van der Waals surface area contributed by atoms with Crippen LogP contribution in [0.4, 0.5) is 5.13 Å². The van der Waals surface area contributed by atoms with Gasteiger partial charge in [-0.1, -0.05) is 16.5 Å². The van der Waals surface area contributed by atoms with Crippen molar-refractivity contribution in [2.75, 3.05) is 11.4 Å². The summed E-state index contributed by atoms with van der Waals surface area (Å²) in [6.07, 6.45) is 0. The van der Waals surface area contributed by atoms with E-state index in [1.165, 1.54) is 0 Å². The predicted octanol–water partition coefficient (Wildman–Crippen LogP) is 2.06. The SMILES string of the molecule is CCN(Cc1nc(C)no1)c1nc2c(s1)c(C)nn2C. The fourth-order valence-corrected chi connectivity index (χ4v) is 3.19. The number of rotatable bonds is 4. The maximum Gasteiger partial charge on any atom is 0.246 e. The zero-order valence-corrected chi connectivity index (χ0v) is 12.7. The van der Waals surface area contributed by atoms with E-state index in [-0.39, 0.29) is 0 Å². The van der Waals surface area contributed by atoms with Crippen molar-refractivity contribution >= 4 is 26.8 Å². The normalized spacial score (nSPS) is 11.4. The standard InChI is InChI=1S/C12H16N6OS/c1-5-18(6-9-13-8(3)16-19-9)12-14-11-10(20-12)7(2)15-17(11)4/h5-6H2,1-4H3. The maximum atomic E-state index is 5.18. The number of hydrogen-bond acceptors (Lipinski definition) is 7. The Morgan fingerprint density at radius 3 is 2.70 bits per heavy atom. The minimum absolute atomic E-state index is 0.573. The number of aromatic nitrogens is 5. The summed E-state index contributed by atoms with van der Waals surface area (Å²) < 4.78 is 8.12. The van der Waals surface area contributed by atoms with Crippen LogP contribution in [0.2, 0.25) is 0 Å². The van der Waals surface area contributed by atoms with Crippen molar-refractivity contribution in [1.82, 2.24) is 24.9 Å². The molecule has 3 aromatic heterocycles. The van der Waals surface area contributed by atoms with Crippen molar-refractivity contribution in [2.24, 2.45) is 7.05 Å². The molecule has 0 bridgehead atoms. The van der Waals surface area contributed by atoms with Gasteiger partial charge in [-0.05, 0) is 20.8 Å². The molecule has 7 nitrogen and oxygen atoms in total. The molecule has 3 rings (SSSR count). The van der Waals surface area contributed by atoms with E-state index in [0.29, 0.717) is 18.3 Å². The highest BCUT2D eigenvalue weighted by Gasteiger charge is 2.17. The van der Waals surface area contributed by atoms with Crippen molar-refractivity contribution in [2.45, 2.75) is 27.3 Å². The molecule has 0 aliphatic heterocycles. The van der Waals surface area contributed by atoms with Crippen LogP contribution < -0.4 is 4.90 Å². The molecule has 0 aromatic carbocycles. The predicted molar refractivity (Wildman–Crippen MR) is 76.9 cm³/mol. The van der Waals surface area contributed by atoms with Crippen molar-refractivity contribution in [3.05, 3.63) is 17.4 Å². The summed E-state index contributed by atoms with van der Waals surface area (Å²) >= 11 is 1.65. The topological polar surface area (TPSA) is 72.9 Å². The second-order valence-electron chi connectivity index (χ2n) is 4.61. The van der Waals surface area contributed by atoms with E-state index in [0.717, 1.165) is 27.7 Å². The number of anilines is 1. The van der Waals surface area contributed by atoms with Gasteiger partial charge in [0.1, 0.15) is 0 Å². The lowest BCUT2D eigenvalue weighted by Crippen LogP contribution is -2.22. The first-order valence-corrected chi connectivity index (χ1v) is 7.24. The Bertz CT molecular complexity index is 708. The van der Waals surface area contributed by atoms with E-state index in [9.17, 15) is 0 Å². The third kappa shape index (κ3) is 2.15. The fraction of sp³-hybridized carbons (Fsp3) is 0.500. The van der Waals surface area contributed by atoms with Gasteiger partial charge in [0.25, 0.3) is 0 Å². The number of hydrogen-bond donors (Lipinski definition) is 0. The first-order valence-electron chi connectivity index (χ1n) is 6.42. The van der Waals surface area contributed by atoms with Crippen molar-refractivity contribution < 1.29 is 4.52 Å². The third-order valence-corrected chi connectivity index (χ3v) is 4.30. The van der Waals surface area contributed by atoms with E-state index in [1.807, 2.05) is 25.6 Å². The summed E-state index contributed by atoms with van der Waals surface area (Å²) in [5.41, 5.74) is 1.93. The molecule has 3 aromatic rings. The molecule has 0 N–H and O–H groups in total. The Balaban J connectivity index is 1.92. The number of aryl methyl sites for hydroxylation is 3. The Hall–Kier alpha value is -1.96. The monoisotopic (exact) mass is 292 g/mol. The van der Waals surface area contributed by atoms with Crippen LogP contribution >= 0.6 is 11.3 Å². The molecule has 106 valence electrons. The van der Waals surface area contributed by atoms with Crippen LogP contribution in [-0.2, 0) is 13.6 Å². The van der Waals surface area contributed by atoms with Crippen LogP contribution in [0.5, 0.6) is 0 Å². The lowest BCUT2D eigenvalue weighted by atomic mass is 10.5. The van der Waals surface area contributed by atoms with Gasteiger partial charge < -0.3 is 9.42 Å². The van der Waals surface area contributed by atoms with Crippen LogP contribution in [0.1, 0.15) is 24.3 Å². The molecule has 0 aliphatic carbocycles. The van der Waals surface area contributed by atoms with E-state index >= 15 is 0 Å². The summed E-state index contributed by atoms with van der Waals surface area (Å²) in [5, 5.41) is 9.14. The zero-order valence-electron chi connectivity index (χ0n) is 11.9. The van der Waals surface area contributed by atoms with Gasteiger partial charge in [0.2, 0.25) is 5.89 Å². The molecule has 0 fully saturated rings. The first kappa shape index (κ1) is 13.0. The minimum atomic E-state index is 0.573. The largest absolute Gasteiger partial charge is 0.339 e. The van der Waals surface area contributed by atoms with Gasteiger partial charge in [-0.25, -0.2) is 9.67 Å². The average molecular weight is 292 g/mol. The highest BCUT2D eigenvalue weighted by Crippen LogP contribution is 2.31. The molecule has 0 unspecified atom stereocenters. The van der Waals surface area contributed by atoms with Crippen LogP contribution in [0.15, 0.2) is 4.52 Å². The van der Waals surface area contributed by atoms with Gasteiger partial charge in [0.05, 0.1) is 16.9 Å². The molecular weight excluding hydrogens is 276 g/mol. The van der Waals surface area contributed by atoms with Crippen LogP contribution in [-0.4, -0.2) is 31.4 Å². The van der Waals surface area contributed by atoms with Gasteiger partial charge in [-0.2, -0.15) is 10.1 Å². The van der Waals surface area contributed by atoms with E-state index in [4.69, 9.17) is 4.52 Å². The van der Waals surface area contributed by atoms with Crippen molar-refractivity contribution in [3.63, 3.8) is 0 Å². The van der Waals surface area contributed by atoms with Gasteiger partial charge in [0, 0.05) is 13.6 Å². The molecule has 0 spiro atoms. The van der Waals surface area contributed by atoms with Gasteiger partial charge in [0.15, 0.2) is 16.6 Å². The summed E-state index contributed by atoms with van der Waals surface area (Å²) in [5.74, 6) is 1.26. The molecule has 3 heterocycles. The Kier molecular flexibility index (Phi) is 3.17. The quantitative estimate of drug-likeness (QED) is 0.733. The Morgan fingerprint density at radius 2 is 2.10 bits per heavy atom. The zero-order chi connectivity index (χ0) is 14.3. The minimum Gasteiger partial charge on any atom is -0.339 e. The molecule has 0 saturated heterocycles. The molecule has 0 aliphatic rings. The molecular formula is C12H16N6OS. The lowest BCUT2D eigenvalue weighted by molar-refractivity contribution is 0.373. The van der Waals surface area contributed by atoms with Crippen LogP contribution in [0.25, 0.3) is 10.3 Å². The van der Waals surface area contributed by atoms with Crippen molar-refractivity contribution in [1.29, 1.82) is 0 Å². The molecule has 0 atom stereocenters. The van der Waals surface area contributed by atoms with Gasteiger partial charge >= 0.3 is 0 Å². The van der Waals surface area contributed by atoms with Crippen molar-refractivity contribution in [3.8, 4) is 0 Å². The smallest absolute Gasteiger partial charge is 0.246 e. The molecule has 0 radical (unpaired) electrons. The average Bonchev–Trinajstić information content (AvgIpc) is 3.07. The lowest BCUT2D eigenvalue weighted by Gasteiger charge is -2.16. The summed E-state index contributed by atoms with van der Waals surface area (Å²) in [7, 11) is 1.91. The second-order valence-corrected chi connectivity index (χ2v) is 5.59. The number of thiazole rings is 1. The third-order valence-electron chi connectivity index (χ3n) is 3.08. The summed E-state index contributed by atoms with van der Waals surface area (Å²) in [4.78, 5) is 11.0. The fourth-order valence-electron chi connectivity index (χ4n) is 2.09. The first-order chi connectivity index (χ1) is 9.58. The molecule has 20 heavy (non-hydrogen) atoms. The Morgan fingerprint density at radius 1 is 1.30 bits per heavy atom. The molecule has 0 amide bonds. The molecule has 8 heteroatoms. The summed E-state index contributed by atoms with van der Waals surface area (Å²) in [6, 6.07) is 0.